The van der Waals surface area contributed by atoms with E-state index >= 15 is 0 Å². The maximum absolute atomic E-state index is 13.7. The SMILES string of the molecule is COP(=O)(CS(=O)(=O)c1ccc(NC(=O)c2nc(-c3cc(F)ccc3C#N)cnc2N)cc1)OC. The number of amides is 1. The summed E-state index contributed by atoms with van der Waals surface area (Å²) in [5, 5.41) is 11.8. The maximum Gasteiger partial charge on any atom is 0.345 e. The van der Waals surface area contributed by atoms with Crippen LogP contribution in [0.25, 0.3) is 11.3 Å². The molecule has 3 rings (SSSR count). The van der Waals surface area contributed by atoms with Gasteiger partial charge in [-0.3, -0.25) is 9.36 Å². The van der Waals surface area contributed by atoms with Crippen LogP contribution in [0.4, 0.5) is 15.9 Å². The number of nitrogens with one attached hydrogen (secondary N) is 1. The van der Waals surface area contributed by atoms with Crippen LogP contribution in [-0.2, 0) is 23.4 Å². The van der Waals surface area contributed by atoms with Crippen molar-refractivity contribution in [2.45, 2.75) is 4.90 Å². The number of nitrogens with two attached hydrogens (primary N) is 1. The highest BCUT2D eigenvalue weighted by molar-refractivity contribution is 7.97. The lowest BCUT2D eigenvalue weighted by Crippen LogP contribution is -2.17. The molecule has 0 spiro atoms. The molecule has 0 bridgehead atoms. The van der Waals surface area contributed by atoms with Crippen LogP contribution in [-0.4, -0.2) is 44.0 Å². The Morgan fingerprint density at radius 2 is 1.86 bits per heavy atom. The molecule has 1 amide bonds. The van der Waals surface area contributed by atoms with Crippen molar-refractivity contribution in [3.8, 4) is 17.3 Å². The average Bonchev–Trinajstić information content (AvgIpc) is 2.84. The van der Waals surface area contributed by atoms with Gasteiger partial charge in [0.25, 0.3) is 5.91 Å². The summed E-state index contributed by atoms with van der Waals surface area (Å²) >= 11 is 0. The molecular formula is C21H19FN5O6PS. The Labute approximate surface area is 200 Å². The van der Waals surface area contributed by atoms with E-state index in [9.17, 15) is 27.4 Å². The van der Waals surface area contributed by atoms with E-state index in [0.717, 1.165) is 26.4 Å². The fourth-order valence-electron chi connectivity index (χ4n) is 2.92. The van der Waals surface area contributed by atoms with Crippen molar-refractivity contribution in [1.29, 1.82) is 5.26 Å². The Morgan fingerprint density at radius 1 is 1.20 bits per heavy atom. The van der Waals surface area contributed by atoms with Gasteiger partial charge in [0.1, 0.15) is 5.82 Å². The van der Waals surface area contributed by atoms with E-state index < -0.39 is 34.7 Å². The molecule has 0 atom stereocenters. The summed E-state index contributed by atoms with van der Waals surface area (Å²) in [4.78, 5) is 20.6. The standard InChI is InChI=1S/C21H19FN5O6PS/c1-32-34(29,33-2)12-35(30,31)16-7-5-15(6-8-16)26-21(28)19-20(24)25-11-18(27-19)17-9-14(22)4-3-13(17)10-23/h3-9,11H,12H2,1-2H3,(H2,24,25)(H,26,28). The van der Waals surface area contributed by atoms with E-state index in [1.807, 2.05) is 6.07 Å². The number of carbonyl (C=O) groups excluding carboxylic acids is 1. The van der Waals surface area contributed by atoms with Crippen LogP contribution in [0.1, 0.15) is 16.1 Å². The molecule has 0 aliphatic rings. The van der Waals surface area contributed by atoms with Gasteiger partial charge in [0, 0.05) is 25.5 Å². The zero-order valence-corrected chi connectivity index (χ0v) is 20.1. The number of nitriles is 1. The van der Waals surface area contributed by atoms with Crippen LogP contribution in [0.2, 0.25) is 0 Å². The van der Waals surface area contributed by atoms with Crippen molar-refractivity contribution in [3.63, 3.8) is 0 Å². The number of halogens is 1. The molecule has 1 heterocycles. The first-order valence-corrected chi connectivity index (χ1v) is 13.1. The Balaban J connectivity index is 1.85. The van der Waals surface area contributed by atoms with Gasteiger partial charge in [0.05, 0.1) is 28.4 Å². The van der Waals surface area contributed by atoms with Gasteiger partial charge in [0.15, 0.2) is 26.8 Å². The lowest BCUT2D eigenvalue weighted by atomic mass is 10.1. The van der Waals surface area contributed by atoms with E-state index in [1.165, 1.54) is 36.5 Å². The zero-order chi connectivity index (χ0) is 25.8. The van der Waals surface area contributed by atoms with Gasteiger partial charge < -0.3 is 20.1 Å². The average molecular weight is 519 g/mol. The Morgan fingerprint density at radius 3 is 2.46 bits per heavy atom. The predicted octanol–water partition coefficient (Wildman–Crippen LogP) is 3.21. The van der Waals surface area contributed by atoms with Crippen LogP contribution >= 0.6 is 7.60 Å². The fourth-order valence-corrected chi connectivity index (χ4v) is 6.72. The van der Waals surface area contributed by atoms with Crippen molar-refractivity contribution in [3.05, 3.63) is 65.7 Å². The molecule has 3 aromatic rings. The lowest BCUT2D eigenvalue weighted by Gasteiger charge is -2.14. The van der Waals surface area contributed by atoms with Crippen molar-refractivity contribution >= 4 is 34.8 Å². The quantitative estimate of drug-likeness (QED) is 0.421. The monoisotopic (exact) mass is 519 g/mol. The maximum atomic E-state index is 13.7. The molecule has 0 saturated heterocycles. The number of aromatic nitrogens is 2. The number of nitrogens with zero attached hydrogens (tertiary/aromatic N) is 3. The summed E-state index contributed by atoms with van der Waals surface area (Å²) in [6.45, 7) is 0. The smallest absolute Gasteiger partial charge is 0.345 e. The molecule has 0 aliphatic carbocycles. The van der Waals surface area contributed by atoms with E-state index in [4.69, 9.17) is 5.73 Å². The Hall–Kier alpha value is -3.69. The van der Waals surface area contributed by atoms with Crippen LogP contribution in [0, 0.1) is 17.1 Å². The fraction of sp³-hybridized carbons (Fsp3) is 0.143. The number of nitrogen functional groups attached to an aromatic ring is 1. The minimum absolute atomic E-state index is 0.0579. The molecular weight excluding hydrogens is 500 g/mol. The van der Waals surface area contributed by atoms with Gasteiger partial charge in [-0.1, -0.05) is 0 Å². The van der Waals surface area contributed by atoms with Crippen molar-refractivity contribution in [1.82, 2.24) is 9.97 Å². The third-order valence-corrected chi connectivity index (χ3v) is 9.48. The first-order chi connectivity index (χ1) is 16.5. The third-order valence-electron chi connectivity index (χ3n) is 4.75. The van der Waals surface area contributed by atoms with E-state index in [-0.39, 0.29) is 38.9 Å². The molecule has 14 heteroatoms. The van der Waals surface area contributed by atoms with Crippen LogP contribution in [0.3, 0.4) is 0 Å². The summed E-state index contributed by atoms with van der Waals surface area (Å²) in [5.41, 5.74) is 5.16. The largest absolute Gasteiger partial charge is 0.382 e. The number of carbonyl (C=O) groups is 1. The first kappa shape index (κ1) is 25.9. The molecule has 0 unspecified atom stereocenters. The van der Waals surface area contributed by atoms with Gasteiger partial charge in [0.2, 0.25) is 0 Å². The molecule has 3 N–H and O–H groups in total. The van der Waals surface area contributed by atoms with E-state index in [0.29, 0.717) is 0 Å². The van der Waals surface area contributed by atoms with E-state index in [2.05, 4.69) is 24.3 Å². The molecule has 2 aromatic carbocycles. The molecule has 0 aliphatic heterocycles. The molecule has 182 valence electrons. The minimum Gasteiger partial charge on any atom is -0.382 e. The summed E-state index contributed by atoms with van der Waals surface area (Å²) in [6, 6.07) is 10.4. The molecule has 1 aromatic heterocycles. The minimum atomic E-state index is -4.02. The third kappa shape index (κ3) is 5.87. The van der Waals surface area contributed by atoms with Crippen LogP contribution in [0.5, 0.6) is 0 Å². The number of sulfone groups is 1. The highest BCUT2D eigenvalue weighted by Crippen LogP contribution is 2.48. The van der Waals surface area contributed by atoms with Gasteiger partial charge in [-0.15, -0.1) is 0 Å². The van der Waals surface area contributed by atoms with Gasteiger partial charge in [-0.05, 0) is 42.5 Å². The second-order valence-corrected chi connectivity index (χ2v) is 11.7. The summed E-state index contributed by atoms with van der Waals surface area (Å²) in [7, 11) is -5.67. The molecule has 0 saturated carbocycles. The summed E-state index contributed by atoms with van der Waals surface area (Å²) in [6.07, 6.45) is 1.21. The topological polar surface area (TPSA) is 174 Å². The van der Waals surface area contributed by atoms with Crippen molar-refractivity contribution in [2.75, 3.05) is 30.8 Å². The Kier molecular flexibility index (Phi) is 7.62. The highest BCUT2D eigenvalue weighted by atomic mass is 32.2. The lowest BCUT2D eigenvalue weighted by molar-refractivity contribution is 0.102. The number of hydrogen-bond donors (Lipinski definition) is 2. The molecule has 0 fully saturated rings. The number of hydrogen-bond acceptors (Lipinski definition) is 10. The first-order valence-electron chi connectivity index (χ1n) is 9.69. The van der Waals surface area contributed by atoms with Crippen LogP contribution in [0.15, 0.2) is 53.6 Å². The highest BCUT2D eigenvalue weighted by Gasteiger charge is 2.31. The van der Waals surface area contributed by atoms with Crippen LogP contribution < -0.4 is 11.1 Å². The van der Waals surface area contributed by atoms with Crippen molar-refractivity contribution in [2.24, 2.45) is 0 Å². The summed E-state index contributed by atoms with van der Waals surface area (Å²) < 4.78 is 60.3. The molecule has 11 nitrogen and oxygen atoms in total. The summed E-state index contributed by atoms with van der Waals surface area (Å²) in [5.74, 6) is -1.59. The van der Waals surface area contributed by atoms with E-state index in [1.54, 1.807) is 0 Å². The normalized spacial score (nSPS) is 11.6. The van der Waals surface area contributed by atoms with Gasteiger partial charge in [-0.2, -0.15) is 5.26 Å². The zero-order valence-electron chi connectivity index (χ0n) is 18.4. The Bertz CT molecular complexity index is 1470. The van der Waals surface area contributed by atoms with Gasteiger partial charge in [-0.25, -0.2) is 22.8 Å². The second-order valence-electron chi connectivity index (χ2n) is 6.99. The number of anilines is 2. The molecule has 0 radical (unpaired) electrons. The number of benzene rings is 2. The number of rotatable bonds is 8. The van der Waals surface area contributed by atoms with Crippen molar-refractivity contribution < 1.29 is 31.2 Å². The second kappa shape index (κ2) is 10.3. The molecule has 35 heavy (non-hydrogen) atoms. The predicted molar refractivity (Wildman–Crippen MR) is 125 cm³/mol. The van der Waals surface area contributed by atoms with Gasteiger partial charge >= 0.3 is 7.60 Å².